The first-order chi connectivity index (χ1) is 8.14. The van der Waals surface area contributed by atoms with Crippen LogP contribution in [0.15, 0.2) is 0 Å². The summed E-state index contributed by atoms with van der Waals surface area (Å²) in [5.41, 5.74) is 0.0183. The van der Waals surface area contributed by atoms with Crippen molar-refractivity contribution in [2.75, 3.05) is 0 Å². The molecule has 4 aliphatic rings. The molecule has 0 spiro atoms. The van der Waals surface area contributed by atoms with Gasteiger partial charge in [-0.25, -0.2) is 0 Å². The molecule has 1 nitrogen and oxygen atoms in total. The third-order valence-electron chi connectivity index (χ3n) is 6.65. The molecule has 0 aromatic heterocycles. The molecule has 0 unspecified atom stereocenters. The van der Waals surface area contributed by atoms with Gasteiger partial charge in [-0.2, -0.15) is 0 Å². The fourth-order valence-corrected chi connectivity index (χ4v) is 6.08. The first-order valence-corrected chi connectivity index (χ1v) is 7.68. The minimum absolute atomic E-state index is 0.0183. The van der Waals surface area contributed by atoms with E-state index in [1.54, 1.807) is 0 Å². The molecule has 1 heteroatoms. The van der Waals surface area contributed by atoms with Crippen molar-refractivity contribution in [1.29, 1.82) is 0 Å². The molecule has 0 N–H and O–H groups in total. The number of rotatable bonds is 0. The lowest BCUT2D eigenvalue weighted by atomic mass is 9.70. The summed E-state index contributed by atoms with van der Waals surface area (Å²) in [6.45, 7) is 4.48. The summed E-state index contributed by atoms with van der Waals surface area (Å²) in [5, 5.41) is 0. The number of fused-ring (bicyclic) bond motifs is 4. The Labute approximate surface area is 104 Å². The lowest BCUT2D eigenvalue weighted by molar-refractivity contribution is -0.128. The van der Waals surface area contributed by atoms with Crippen LogP contribution < -0.4 is 0 Å². The number of carbonyl (C=O) groups is 1. The van der Waals surface area contributed by atoms with Crippen LogP contribution in [0.25, 0.3) is 0 Å². The molecular weight excluding hydrogens is 208 g/mol. The topological polar surface area (TPSA) is 17.1 Å². The predicted octanol–water partition coefficient (Wildman–Crippen LogP) is 3.67. The van der Waals surface area contributed by atoms with E-state index >= 15 is 0 Å². The molecule has 0 aromatic carbocycles. The monoisotopic (exact) mass is 232 g/mol. The zero-order valence-corrected chi connectivity index (χ0v) is 11.1. The van der Waals surface area contributed by atoms with Crippen molar-refractivity contribution in [2.24, 2.45) is 40.9 Å². The van der Waals surface area contributed by atoms with E-state index in [9.17, 15) is 4.79 Å². The second kappa shape index (κ2) is 3.16. The molecule has 0 aromatic rings. The minimum Gasteiger partial charge on any atom is -0.299 e. The average Bonchev–Trinajstić information content (AvgIpc) is 2.81. The number of hydrogen-bond donors (Lipinski definition) is 0. The Morgan fingerprint density at radius 2 is 1.59 bits per heavy atom. The normalized spacial score (nSPS) is 54.8. The molecule has 0 amide bonds. The third-order valence-corrected chi connectivity index (χ3v) is 6.65. The predicted molar refractivity (Wildman–Crippen MR) is 67.4 cm³/mol. The minimum atomic E-state index is 0.0183. The molecule has 4 aliphatic carbocycles. The zero-order valence-electron chi connectivity index (χ0n) is 11.1. The smallest absolute Gasteiger partial charge is 0.142 e. The van der Waals surface area contributed by atoms with Crippen LogP contribution in [-0.4, -0.2) is 5.78 Å². The summed E-state index contributed by atoms with van der Waals surface area (Å²) in [7, 11) is 0. The highest BCUT2D eigenvalue weighted by atomic mass is 16.1. The van der Waals surface area contributed by atoms with E-state index in [0.29, 0.717) is 11.7 Å². The number of carbonyl (C=O) groups excluding carboxylic acids is 1. The Morgan fingerprint density at radius 1 is 0.941 bits per heavy atom. The molecule has 6 atom stereocenters. The van der Waals surface area contributed by atoms with Crippen LogP contribution in [0.3, 0.4) is 0 Å². The first-order valence-electron chi connectivity index (χ1n) is 7.68. The van der Waals surface area contributed by atoms with Gasteiger partial charge in [0.1, 0.15) is 5.78 Å². The van der Waals surface area contributed by atoms with E-state index in [-0.39, 0.29) is 5.41 Å². The molecule has 4 fully saturated rings. The Morgan fingerprint density at radius 3 is 2.29 bits per heavy atom. The van der Waals surface area contributed by atoms with Gasteiger partial charge in [-0.05, 0) is 42.4 Å². The van der Waals surface area contributed by atoms with Gasteiger partial charge in [-0.15, -0.1) is 0 Å². The van der Waals surface area contributed by atoms with Gasteiger partial charge in [0.15, 0.2) is 0 Å². The molecular formula is C16H24O. The highest BCUT2D eigenvalue weighted by Crippen LogP contribution is 2.77. The van der Waals surface area contributed by atoms with Crippen LogP contribution >= 0.6 is 0 Å². The quantitative estimate of drug-likeness (QED) is 0.622. The Bertz CT molecular complexity index is 370. The van der Waals surface area contributed by atoms with Crippen molar-refractivity contribution < 1.29 is 4.79 Å². The van der Waals surface area contributed by atoms with Crippen molar-refractivity contribution in [3.05, 3.63) is 0 Å². The number of Topliss-reactive ketones (excluding diaryl/α,β-unsaturated/α-hetero) is 1. The lowest BCUT2D eigenvalue weighted by Crippen LogP contribution is -2.32. The van der Waals surface area contributed by atoms with Gasteiger partial charge >= 0.3 is 0 Å². The van der Waals surface area contributed by atoms with Crippen LogP contribution in [-0.2, 0) is 4.79 Å². The van der Waals surface area contributed by atoms with Gasteiger partial charge < -0.3 is 0 Å². The van der Waals surface area contributed by atoms with E-state index in [4.69, 9.17) is 0 Å². The van der Waals surface area contributed by atoms with E-state index in [1.807, 2.05) is 0 Å². The van der Waals surface area contributed by atoms with E-state index in [2.05, 4.69) is 13.8 Å². The van der Waals surface area contributed by atoms with Crippen molar-refractivity contribution in [2.45, 2.75) is 52.4 Å². The number of ketones is 1. The van der Waals surface area contributed by atoms with Crippen molar-refractivity contribution in [3.63, 3.8) is 0 Å². The van der Waals surface area contributed by atoms with Gasteiger partial charge in [0, 0.05) is 11.3 Å². The summed E-state index contributed by atoms with van der Waals surface area (Å²) in [4.78, 5) is 12.4. The third kappa shape index (κ3) is 1.14. The fraction of sp³-hybridized carbons (Fsp3) is 0.938. The van der Waals surface area contributed by atoms with Crippen LogP contribution in [0.1, 0.15) is 52.4 Å². The van der Waals surface area contributed by atoms with Crippen LogP contribution in [0.4, 0.5) is 0 Å². The van der Waals surface area contributed by atoms with Gasteiger partial charge in [-0.1, -0.05) is 39.5 Å². The SMILES string of the molecule is CC1(C)C(=O)[C@H]2[C@H]3[C@@H]4CCCCCC[C@@H]4[C@@H]1[C@@H]23. The molecule has 94 valence electrons. The Balaban J connectivity index is 1.69. The summed E-state index contributed by atoms with van der Waals surface area (Å²) in [6, 6.07) is 0. The van der Waals surface area contributed by atoms with E-state index < -0.39 is 0 Å². The summed E-state index contributed by atoms with van der Waals surface area (Å²) < 4.78 is 0. The second-order valence-corrected chi connectivity index (χ2v) is 7.61. The largest absolute Gasteiger partial charge is 0.299 e. The summed E-state index contributed by atoms with van der Waals surface area (Å²) in [5.74, 6) is 5.39. The van der Waals surface area contributed by atoms with Gasteiger partial charge in [-0.3, -0.25) is 4.79 Å². The molecule has 4 saturated carbocycles. The molecule has 0 heterocycles. The maximum absolute atomic E-state index is 12.4. The maximum atomic E-state index is 12.4. The van der Waals surface area contributed by atoms with Crippen LogP contribution in [0.2, 0.25) is 0 Å². The Kier molecular flexibility index (Phi) is 1.97. The van der Waals surface area contributed by atoms with Crippen LogP contribution in [0.5, 0.6) is 0 Å². The van der Waals surface area contributed by atoms with Crippen molar-refractivity contribution in [3.8, 4) is 0 Å². The highest BCUT2D eigenvalue weighted by molar-refractivity contribution is 5.93. The molecule has 0 saturated heterocycles. The molecule has 0 bridgehead atoms. The maximum Gasteiger partial charge on any atom is 0.142 e. The Hall–Kier alpha value is -0.330. The summed E-state index contributed by atoms with van der Waals surface area (Å²) >= 11 is 0. The molecule has 0 aliphatic heterocycles. The van der Waals surface area contributed by atoms with Crippen molar-refractivity contribution in [1.82, 2.24) is 0 Å². The lowest BCUT2D eigenvalue weighted by Gasteiger charge is -2.34. The fourth-order valence-electron chi connectivity index (χ4n) is 6.08. The van der Waals surface area contributed by atoms with E-state index in [0.717, 1.165) is 29.6 Å². The van der Waals surface area contributed by atoms with Crippen LogP contribution in [0, 0.1) is 40.9 Å². The van der Waals surface area contributed by atoms with E-state index in [1.165, 1.54) is 38.5 Å². The van der Waals surface area contributed by atoms with Gasteiger partial charge in [0.05, 0.1) is 0 Å². The molecule has 17 heavy (non-hydrogen) atoms. The van der Waals surface area contributed by atoms with Gasteiger partial charge in [0.2, 0.25) is 0 Å². The second-order valence-electron chi connectivity index (χ2n) is 7.61. The molecule has 0 radical (unpaired) electrons. The molecule has 4 rings (SSSR count). The number of hydrogen-bond acceptors (Lipinski definition) is 1. The van der Waals surface area contributed by atoms with Gasteiger partial charge in [0.25, 0.3) is 0 Å². The summed E-state index contributed by atoms with van der Waals surface area (Å²) in [6.07, 6.45) is 8.58. The first kappa shape index (κ1) is 10.6. The average molecular weight is 232 g/mol. The van der Waals surface area contributed by atoms with Crippen molar-refractivity contribution >= 4 is 5.78 Å². The standard InChI is InChI=1S/C16H24O/c1-16(2)14-10-8-6-4-3-5-7-9(10)11-12(14)13(11)15(16)17/h9-14H,3-8H2,1-2H3/t9-,10+,11+,12-,13+,14-/m1/s1. The highest BCUT2D eigenvalue weighted by Gasteiger charge is 2.77. The zero-order chi connectivity index (χ0) is 11.8.